The molecule has 2 rings (SSSR count). The van der Waals surface area contributed by atoms with E-state index >= 15 is 0 Å². The zero-order valence-corrected chi connectivity index (χ0v) is 11.4. The van der Waals surface area contributed by atoms with E-state index in [1.54, 1.807) is 7.05 Å². The van der Waals surface area contributed by atoms with Crippen LogP contribution in [-0.4, -0.2) is 32.3 Å². The van der Waals surface area contributed by atoms with Gasteiger partial charge in [0.25, 0.3) is 5.91 Å². The van der Waals surface area contributed by atoms with Gasteiger partial charge in [-0.1, -0.05) is 12.1 Å². The lowest BCUT2D eigenvalue weighted by molar-refractivity contribution is -0.122. The zero-order chi connectivity index (χ0) is 13.5. The van der Waals surface area contributed by atoms with E-state index in [9.17, 15) is 4.79 Å². The number of hydrogen-bond donors (Lipinski definition) is 1. The Labute approximate surface area is 114 Å². The fraction of sp³-hybridized carbons (Fsp3) is 0.533. The molecular weight excluding hydrogens is 242 g/mol. The molecule has 0 saturated carbocycles. The average Bonchev–Trinajstić information content (AvgIpc) is 2.47. The van der Waals surface area contributed by atoms with Crippen LogP contribution in [-0.2, 0) is 16.0 Å². The maximum atomic E-state index is 11.1. The second-order valence-corrected chi connectivity index (χ2v) is 4.80. The Balaban J connectivity index is 1.82. The number of rotatable bonds is 5. The van der Waals surface area contributed by atoms with Crippen molar-refractivity contribution in [1.29, 1.82) is 0 Å². The first-order valence-electron chi connectivity index (χ1n) is 6.82. The summed E-state index contributed by atoms with van der Waals surface area (Å²) < 4.78 is 11.1. The maximum Gasteiger partial charge on any atom is 0.257 e. The van der Waals surface area contributed by atoms with Crippen molar-refractivity contribution < 1.29 is 14.3 Å². The van der Waals surface area contributed by atoms with Gasteiger partial charge >= 0.3 is 0 Å². The molecule has 0 bridgehead atoms. The fourth-order valence-corrected chi connectivity index (χ4v) is 2.17. The highest BCUT2D eigenvalue weighted by molar-refractivity contribution is 5.77. The van der Waals surface area contributed by atoms with E-state index in [1.165, 1.54) is 18.4 Å². The van der Waals surface area contributed by atoms with E-state index in [-0.39, 0.29) is 12.5 Å². The lowest BCUT2D eigenvalue weighted by Crippen LogP contribution is -2.24. The molecule has 1 N–H and O–H groups in total. The number of likely N-dealkylation sites (N-methyl/N-ethyl adjacent to an activating group) is 1. The van der Waals surface area contributed by atoms with Gasteiger partial charge in [-0.05, 0) is 43.4 Å². The summed E-state index contributed by atoms with van der Waals surface area (Å²) in [5, 5.41) is 2.52. The molecule has 1 aliphatic rings. The minimum atomic E-state index is -0.125. The highest BCUT2D eigenvalue weighted by Gasteiger charge is 2.14. The summed E-state index contributed by atoms with van der Waals surface area (Å²) >= 11 is 0. The summed E-state index contributed by atoms with van der Waals surface area (Å²) in [5.41, 5.74) is 1.25. The van der Waals surface area contributed by atoms with Gasteiger partial charge in [0.05, 0.1) is 6.10 Å². The Morgan fingerprint density at radius 2 is 2.16 bits per heavy atom. The van der Waals surface area contributed by atoms with E-state index in [0.29, 0.717) is 6.10 Å². The minimum absolute atomic E-state index is 0.0571. The Morgan fingerprint density at radius 1 is 1.37 bits per heavy atom. The van der Waals surface area contributed by atoms with Crippen LogP contribution < -0.4 is 10.1 Å². The molecule has 1 aromatic carbocycles. The van der Waals surface area contributed by atoms with E-state index < -0.39 is 0 Å². The topological polar surface area (TPSA) is 47.6 Å². The Bertz CT molecular complexity index is 396. The number of amides is 1. The number of carbonyl (C=O) groups excluding carboxylic acids is 1. The van der Waals surface area contributed by atoms with Crippen LogP contribution in [0.5, 0.6) is 5.75 Å². The standard InChI is InChI=1S/C15H21NO3/c1-16-15(17)11-19-13-7-5-12(6-8-13)10-14-4-2-3-9-18-14/h5-8,14H,2-4,9-11H2,1H3,(H,16,17). The lowest BCUT2D eigenvalue weighted by Gasteiger charge is -2.22. The van der Waals surface area contributed by atoms with Crippen molar-refractivity contribution in [2.45, 2.75) is 31.8 Å². The van der Waals surface area contributed by atoms with Gasteiger partial charge in [0.1, 0.15) is 5.75 Å². The molecule has 1 saturated heterocycles. The van der Waals surface area contributed by atoms with Gasteiger partial charge in [-0.15, -0.1) is 0 Å². The van der Waals surface area contributed by atoms with E-state index in [4.69, 9.17) is 9.47 Å². The first kappa shape index (κ1) is 13.9. The van der Waals surface area contributed by atoms with Crippen LogP contribution in [0.3, 0.4) is 0 Å². The SMILES string of the molecule is CNC(=O)COc1ccc(CC2CCCCO2)cc1. The largest absolute Gasteiger partial charge is 0.484 e. The molecule has 4 heteroatoms. The van der Waals surface area contributed by atoms with Crippen LogP contribution in [0, 0.1) is 0 Å². The van der Waals surface area contributed by atoms with Gasteiger partial charge in [0.15, 0.2) is 6.61 Å². The van der Waals surface area contributed by atoms with Gasteiger partial charge in [0, 0.05) is 13.7 Å². The summed E-state index contributed by atoms with van der Waals surface area (Å²) in [6, 6.07) is 7.89. The Kier molecular flexibility index (Phi) is 5.21. The molecular formula is C15H21NO3. The predicted octanol–water partition coefficient (Wildman–Crippen LogP) is 1.92. The number of carbonyl (C=O) groups is 1. The first-order chi connectivity index (χ1) is 9.28. The summed E-state index contributed by atoms with van der Waals surface area (Å²) in [7, 11) is 1.60. The summed E-state index contributed by atoms with van der Waals surface area (Å²) in [6.45, 7) is 0.944. The molecule has 1 aromatic rings. The van der Waals surface area contributed by atoms with Crippen molar-refractivity contribution in [3.8, 4) is 5.75 Å². The minimum Gasteiger partial charge on any atom is -0.484 e. The molecule has 0 aliphatic carbocycles. The molecule has 4 nitrogen and oxygen atoms in total. The predicted molar refractivity (Wildman–Crippen MR) is 73.3 cm³/mol. The van der Waals surface area contributed by atoms with Crippen LogP contribution in [0.1, 0.15) is 24.8 Å². The van der Waals surface area contributed by atoms with E-state index in [0.717, 1.165) is 25.2 Å². The summed E-state index contributed by atoms with van der Waals surface area (Å²) in [4.78, 5) is 11.1. The molecule has 1 amide bonds. The van der Waals surface area contributed by atoms with Crippen LogP contribution >= 0.6 is 0 Å². The number of nitrogens with one attached hydrogen (secondary N) is 1. The van der Waals surface area contributed by atoms with Crippen molar-refractivity contribution in [2.75, 3.05) is 20.3 Å². The number of ether oxygens (including phenoxy) is 2. The lowest BCUT2D eigenvalue weighted by atomic mass is 10.0. The van der Waals surface area contributed by atoms with Gasteiger partial charge in [-0.2, -0.15) is 0 Å². The molecule has 19 heavy (non-hydrogen) atoms. The monoisotopic (exact) mass is 263 g/mol. The zero-order valence-electron chi connectivity index (χ0n) is 11.4. The van der Waals surface area contributed by atoms with E-state index in [2.05, 4.69) is 5.32 Å². The average molecular weight is 263 g/mol. The molecule has 1 atom stereocenters. The van der Waals surface area contributed by atoms with Gasteiger partial charge in [-0.3, -0.25) is 4.79 Å². The van der Waals surface area contributed by atoms with Crippen molar-refractivity contribution >= 4 is 5.91 Å². The Hall–Kier alpha value is -1.55. The molecule has 104 valence electrons. The molecule has 1 heterocycles. The van der Waals surface area contributed by atoms with Crippen molar-refractivity contribution in [3.05, 3.63) is 29.8 Å². The van der Waals surface area contributed by atoms with E-state index in [1.807, 2.05) is 24.3 Å². The normalized spacial score (nSPS) is 18.9. The molecule has 1 aliphatic heterocycles. The fourth-order valence-electron chi connectivity index (χ4n) is 2.17. The van der Waals surface area contributed by atoms with Gasteiger partial charge in [0.2, 0.25) is 0 Å². The molecule has 0 spiro atoms. The molecule has 1 fully saturated rings. The van der Waals surface area contributed by atoms with Crippen LogP contribution in [0.2, 0.25) is 0 Å². The number of benzene rings is 1. The third kappa shape index (κ3) is 4.56. The van der Waals surface area contributed by atoms with Crippen molar-refractivity contribution in [3.63, 3.8) is 0 Å². The highest BCUT2D eigenvalue weighted by atomic mass is 16.5. The van der Waals surface area contributed by atoms with Gasteiger partial charge < -0.3 is 14.8 Å². The third-order valence-corrected chi connectivity index (χ3v) is 3.31. The Morgan fingerprint density at radius 3 is 2.79 bits per heavy atom. The van der Waals surface area contributed by atoms with Crippen LogP contribution in [0.25, 0.3) is 0 Å². The smallest absolute Gasteiger partial charge is 0.257 e. The third-order valence-electron chi connectivity index (χ3n) is 3.31. The molecule has 0 radical (unpaired) electrons. The van der Waals surface area contributed by atoms with Gasteiger partial charge in [-0.25, -0.2) is 0 Å². The summed E-state index contributed by atoms with van der Waals surface area (Å²) in [5.74, 6) is 0.594. The van der Waals surface area contributed by atoms with Crippen molar-refractivity contribution in [2.24, 2.45) is 0 Å². The first-order valence-corrected chi connectivity index (χ1v) is 6.82. The quantitative estimate of drug-likeness (QED) is 0.883. The second-order valence-electron chi connectivity index (χ2n) is 4.80. The van der Waals surface area contributed by atoms with Crippen molar-refractivity contribution in [1.82, 2.24) is 5.32 Å². The molecule has 1 unspecified atom stereocenters. The molecule has 0 aromatic heterocycles. The maximum absolute atomic E-state index is 11.1. The highest BCUT2D eigenvalue weighted by Crippen LogP contribution is 2.19. The second kappa shape index (κ2) is 7.14. The summed E-state index contributed by atoms with van der Waals surface area (Å²) in [6.07, 6.45) is 4.90. The van der Waals surface area contributed by atoms with Crippen LogP contribution in [0.15, 0.2) is 24.3 Å². The number of hydrogen-bond acceptors (Lipinski definition) is 3. The van der Waals surface area contributed by atoms with Crippen LogP contribution in [0.4, 0.5) is 0 Å².